The van der Waals surface area contributed by atoms with Crippen LogP contribution in [0.15, 0.2) is 48.7 Å². The Labute approximate surface area is 101 Å². The molecule has 0 spiro atoms. The number of para-hydroxylation sites is 1. The fourth-order valence-electron chi connectivity index (χ4n) is 1.63. The summed E-state index contributed by atoms with van der Waals surface area (Å²) in [4.78, 5) is 15.9. The molecule has 0 aliphatic carbocycles. The van der Waals surface area contributed by atoms with E-state index >= 15 is 0 Å². The van der Waals surface area contributed by atoms with E-state index in [1.165, 1.54) is 0 Å². The highest BCUT2D eigenvalue weighted by atomic mass is 16.1. The van der Waals surface area contributed by atoms with Crippen molar-refractivity contribution in [1.29, 1.82) is 0 Å². The van der Waals surface area contributed by atoms with Crippen molar-refractivity contribution in [1.82, 2.24) is 4.98 Å². The Morgan fingerprint density at radius 1 is 1.18 bits per heavy atom. The lowest BCUT2D eigenvalue weighted by Crippen LogP contribution is -2.14. The van der Waals surface area contributed by atoms with Crippen molar-refractivity contribution < 1.29 is 4.79 Å². The zero-order valence-corrected chi connectivity index (χ0v) is 9.68. The molecule has 0 saturated heterocycles. The third kappa shape index (κ3) is 2.69. The van der Waals surface area contributed by atoms with Crippen LogP contribution in [0.3, 0.4) is 0 Å². The molecule has 17 heavy (non-hydrogen) atoms. The SMILES string of the molecule is CCc1ccccc1NC(=O)c1ccccn1. The summed E-state index contributed by atoms with van der Waals surface area (Å²) < 4.78 is 0. The predicted octanol–water partition coefficient (Wildman–Crippen LogP) is 2.90. The average molecular weight is 226 g/mol. The molecule has 0 aliphatic heterocycles. The summed E-state index contributed by atoms with van der Waals surface area (Å²) in [6.07, 6.45) is 2.50. The molecule has 1 aromatic heterocycles. The van der Waals surface area contributed by atoms with E-state index in [9.17, 15) is 4.79 Å². The molecule has 0 aliphatic rings. The first-order valence-electron chi connectivity index (χ1n) is 5.61. The first kappa shape index (κ1) is 11.3. The highest BCUT2D eigenvalue weighted by Crippen LogP contribution is 2.16. The minimum atomic E-state index is -0.175. The minimum absolute atomic E-state index is 0.175. The molecule has 1 aromatic carbocycles. The van der Waals surface area contributed by atoms with Crippen molar-refractivity contribution in [2.24, 2.45) is 0 Å². The van der Waals surface area contributed by atoms with Crippen LogP contribution in [-0.2, 0) is 6.42 Å². The van der Waals surface area contributed by atoms with Gasteiger partial charge in [0.1, 0.15) is 5.69 Å². The van der Waals surface area contributed by atoms with Crippen molar-refractivity contribution in [3.8, 4) is 0 Å². The number of nitrogens with zero attached hydrogens (tertiary/aromatic N) is 1. The number of aryl methyl sites for hydroxylation is 1. The molecule has 0 bridgehead atoms. The van der Waals surface area contributed by atoms with Crippen LogP contribution in [0.2, 0.25) is 0 Å². The van der Waals surface area contributed by atoms with Crippen LogP contribution in [0.1, 0.15) is 23.0 Å². The molecule has 2 aromatic rings. The van der Waals surface area contributed by atoms with Crippen LogP contribution in [0.25, 0.3) is 0 Å². The number of hydrogen-bond donors (Lipinski definition) is 1. The Hall–Kier alpha value is -2.16. The Kier molecular flexibility index (Phi) is 3.50. The molecule has 0 fully saturated rings. The van der Waals surface area contributed by atoms with E-state index in [1.54, 1.807) is 24.4 Å². The molecule has 0 saturated carbocycles. The number of rotatable bonds is 3. The molecule has 0 atom stereocenters. The average Bonchev–Trinajstić information content (AvgIpc) is 2.40. The van der Waals surface area contributed by atoms with E-state index in [2.05, 4.69) is 17.2 Å². The molecule has 2 rings (SSSR count). The monoisotopic (exact) mass is 226 g/mol. The molecule has 3 heteroatoms. The quantitative estimate of drug-likeness (QED) is 0.874. The summed E-state index contributed by atoms with van der Waals surface area (Å²) in [7, 11) is 0. The zero-order valence-electron chi connectivity index (χ0n) is 9.68. The van der Waals surface area contributed by atoms with Gasteiger partial charge in [0.05, 0.1) is 0 Å². The number of nitrogens with one attached hydrogen (secondary N) is 1. The molecule has 86 valence electrons. The number of anilines is 1. The van der Waals surface area contributed by atoms with Crippen molar-refractivity contribution in [2.45, 2.75) is 13.3 Å². The maximum Gasteiger partial charge on any atom is 0.274 e. The molecule has 0 unspecified atom stereocenters. The van der Waals surface area contributed by atoms with Crippen LogP contribution < -0.4 is 5.32 Å². The van der Waals surface area contributed by atoms with Crippen molar-refractivity contribution in [2.75, 3.05) is 5.32 Å². The molecular formula is C14H14N2O. The van der Waals surface area contributed by atoms with E-state index in [0.717, 1.165) is 17.7 Å². The second kappa shape index (κ2) is 5.25. The van der Waals surface area contributed by atoms with Crippen LogP contribution >= 0.6 is 0 Å². The largest absolute Gasteiger partial charge is 0.320 e. The van der Waals surface area contributed by atoms with E-state index in [-0.39, 0.29) is 5.91 Å². The maximum atomic E-state index is 11.9. The second-order valence-electron chi connectivity index (χ2n) is 3.68. The normalized spacial score (nSPS) is 9.94. The van der Waals surface area contributed by atoms with Crippen LogP contribution in [0, 0.1) is 0 Å². The number of aromatic nitrogens is 1. The van der Waals surface area contributed by atoms with E-state index in [0.29, 0.717) is 5.69 Å². The Morgan fingerprint density at radius 2 is 1.94 bits per heavy atom. The molecule has 1 N–H and O–H groups in total. The van der Waals surface area contributed by atoms with Gasteiger partial charge in [-0.25, -0.2) is 0 Å². The van der Waals surface area contributed by atoms with Gasteiger partial charge in [0.2, 0.25) is 0 Å². The number of amides is 1. The molecule has 1 amide bonds. The lowest BCUT2D eigenvalue weighted by Gasteiger charge is -2.08. The molecule has 1 heterocycles. The third-order valence-corrected chi connectivity index (χ3v) is 2.54. The summed E-state index contributed by atoms with van der Waals surface area (Å²) in [6, 6.07) is 13.1. The molecule has 0 radical (unpaired) electrons. The standard InChI is InChI=1S/C14H14N2O/c1-2-11-7-3-4-8-12(11)16-14(17)13-9-5-6-10-15-13/h3-10H,2H2,1H3,(H,16,17). The lowest BCUT2D eigenvalue weighted by atomic mass is 10.1. The van der Waals surface area contributed by atoms with Gasteiger partial charge in [-0.05, 0) is 30.2 Å². The first-order chi connectivity index (χ1) is 8.31. The maximum absolute atomic E-state index is 11.9. The predicted molar refractivity (Wildman–Crippen MR) is 68.0 cm³/mol. The summed E-state index contributed by atoms with van der Waals surface area (Å²) >= 11 is 0. The fourth-order valence-corrected chi connectivity index (χ4v) is 1.63. The second-order valence-corrected chi connectivity index (χ2v) is 3.68. The first-order valence-corrected chi connectivity index (χ1v) is 5.61. The van der Waals surface area contributed by atoms with E-state index in [4.69, 9.17) is 0 Å². The highest BCUT2D eigenvalue weighted by Gasteiger charge is 2.08. The summed E-state index contributed by atoms with van der Waals surface area (Å²) in [5.74, 6) is -0.175. The molecule has 3 nitrogen and oxygen atoms in total. The summed E-state index contributed by atoms with van der Waals surface area (Å²) in [5, 5.41) is 2.88. The topological polar surface area (TPSA) is 42.0 Å². The van der Waals surface area contributed by atoms with Gasteiger partial charge in [-0.1, -0.05) is 31.2 Å². The van der Waals surface area contributed by atoms with Gasteiger partial charge in [0, 0.05) is 11.9 Å². The number of benzene rings is 1. The summed E-state index contributed by atoms with van der Waals surface area (Å²) in [6.45, 7) is 2.06. The smallest absolute Gasteiger partial charge is 0.274 e. The summed E-state index contributed by atoms with van der Waals surface area (Å²) in [5.41, 5.74) is 2.40. The van der Waals surface area contributed by atoms with Crippen LogP contribution in [0.4, 0.5) is 5.69 Å². The van der Waals surface area contributed by atoms with Crippen molar-refractivity contribution in [3.05, 3.63) is 59.9 Å². The zero-order chi connectivity index (χ0) is 12.1. The van der Waals surface area contributed by atoms with Gasteiger partial charge in [0.15, 0.2) is 0 Å². The van der Waals surface area contributed by atoms with Gasteiger partial charge in [-0.3, -0.25) is 9.78 Å². The lowest BCUT2D eigenvalue weighted by molar-refractivity contribution is 0.102. The van der Waals surface area contributed by atoms with Crippen molar-refractivity contribution in [3.63, 3.8) is 0 Å². The van der Waals surface area contributed by atoms with E-state index < -0.39 is 0 Å². The van der Waals surface area contributed by atoms with Gasteiger partial charge in [0.25, 0.3) is 5.91 Å². The van der Waals surface area contributed by atoms with Gasteiger partial charge in [-0.15, -0.1) is 0 Å². The van der Waals surface area contributed by atoms with E-state index in [1.807, 2.05) is 24.3 Å². The van der Waals surface area contributed by atoms with Crippen molar-refractivity contribution >= 4 is 11.6 Å². The Bertz CT molecular complexity index is 509. The number of carbonyl (C=O) groups is 1. The van der Waals surface area contributed by atoms with Crippen LogP contribution in [0.5, 0.6) is 0 Å². The Morgan fingerprint density at radius 3 is 2.65 bits per heavy atom. The number of pyridine rings is 1. The number of hydrogen-bond acceptors (Lipinski definition) is 2. The number of carbonyl (C=O) groups excluding carboxylic acids is 1. The van der Waals surface area contributed by atoms with Gasteiger partial charge in [-0.2, -0.15) is 0 Å². The van der Waals surface area contributed by atoms with Gasteiger partial charge >= 0.3 is 0 Å². The Balaban J connectivity index is 2.19. The molecular weight excluding hydrogens is 212 g/mol. The van der Waals surface area contributed by atoms with Gasteiger partial charge < -0.3 is 5.32 Å². The van der Waals surface area contributed by atoms with Crippen LogP contribution in [-0.4, -0.2) is 10.9 Å². The third-order valence-electron chi connectivity index (χ3n) is 2.54. The highest BCUT2D eigenvalue weighted by molar-refractivity contribution is 6.03. The fraction of sp³-hybridized carbons (Fsp3) is 0.143. The minimum Gasteiger partial charge on any atom is -0.320 e.